The average molecular weight is 858 g/mol. The highest BCUT2D eigenvalue weighted by molar-refractivity contribution is 6.12. The Labute approximate surface area is 365 Å². The Bertz CT molecular complexity index is 3470. The summed E-state index contributed by atoms with van der Waals surface area (Å²) in [5, 5.41) is 3.58. The number of benzene rings is 7. The number of rotatable bonds is 5. The van der Waals surface area contributed by atoms with E-state index in [9.17, 15) is 26.3 Å². The Balaban J connectivity index is 1.31. The summed E-state index contributed by atoms with van der Waals surface area (Å²) < 4.78 is 91.8. The van der Waals surface area contributed by atoms with Crippen molar-refractivity contribution >= 4 is 43.6 Å². The predicted octanol–water partition coefficient (Wildman–Crippen LogP) is 16.2. The number of fused-ring (bicyclic) bond motifs is 6. The van der Waals surface area contributed by atoms with Crippen molar-refractivity contribution in [1.29, 1.82) is 0 Å². The molecule has 0 saturated heterocycles. The molecular formula is C55H41F6N3. The summed E-state index contributed by atoms with van der Waals surface area (Å²) >= 11 is 0. The summed E-state index contributed by atoms with van der Waals surface area (Å²) in [6.07, 6.45) is -8.54. The molecule has 9 heteroatoms. The van der Waals surface area contributed by atoms with Gasteiger partial charge in [0.05, 0.1) is 45.1 Å². The van der Waals surface area contributed by atoms with Crippen LogP contribution >= 0.6 is 0 Å². The minimum absolute atomic E-state index is 0.143. The monoisotopic (exact) mass is 857 g/mol. The molecule has 0 N–H and O–H groups in total. The van der Waals surface area contributed by atoms with Crippen LogP contribution in [0.3, 0.4) is 0 Å². The number of alkyl halides is 6. The quantitative estimate of drug-likeness (QED) is 0.158. The highest BCUT2D eigenvalue weighted by Gasteiger charge is 2.37. The van der Waals surface area contributed by atoms with E-state index in [2.05, 4.69) is 89.2 Å². The molecule has 10 rings (SSSR count). The molecular weight excluding hydrogens is 817 g/mol. The topological polar surface area (TPSA) is 22.8 Å². The molecule has 0 amide bonds. The molecule has 0 saturated carbocycles. The number of pyridine rings is 1. The van der Waals surface area contributed by atoms with Crippen molar-refractivity contribution in [1.82, 2.24) is 14.1 Å². The molecule has 0 unspecified atom stereocenters. The first-order valence-electron chi connectivity index (χ1n) is 21.0. The maximum absolute atomic E-state index is 14.7. The minimum atomic E-state index is -5.06. The van der Waals surface area contributed by atoms with E-state index in [1.807, 2.05) is 70.7 Å². The van der Waals surface area contributed by atoms with Crippen LogP contribution in [0.1, 0.15) is 44.5 Å². The molecule has 0 aliphatic carbocycles. The van der Waals surface area contributed by atoms with E-state index in [4.69, 9.17) is 4.98 Å². The zero-order valence-electron chi connectivity index (χ0n) is 35.9. The molecule has 0 aliphatic heterocycles. The van der Waals surface area contributed by atoms with E-state index >= 15 is 0 Å². The van der Waals surface area contributed by atoms with Gasteiger partial charge in [-0.25, -0.2) is 4.98 Å². The van der Waals surface area contributed by atoms with Gasteiger partial charge in [0.15, 0.2) is 0 Å². The predicted molar refractivity (Wildman–Crippen MR) is 248 cm³/mol. The van der Waals surface area contributed by atoms with Crippen LogP contribution in [0, 0.1) is 41.5 Å². The van der Waals surface area contributed by atoms with Crippen LogP contribution in [-0.4, -0.2) is 14.1 Å². The summed E-state index contributed by atoms with van der Waals surface area (Å²) in [5.41, 5.74) is 11.1. The number of hydrogen-bond acceptors (Lipinski definition) is 1. The Hall–Kier alpha value is -7.13. The van der Waals surface area contributed by atoms with Gasteiger partial charge in [-0.3, -0.25) is 4.57 Å². The number of halogens is 6. The van der Waals surface area contributed by atoms with Crippen molar-refractivity contribution in [2.45, 2.75) is 53.9 Å². The van der Waals surface area contributed by atoms with Crippen LogP contribution in [0.5, 0.6) is 0 Å². The lowest BCUT2D eigenvalue weighted by molar-refractivity contribution is -0.143. The van der Waals surface area contributed by atoms with Gasteiger partial charge in [0.1, 0.15) is 5.82 Å². The zero-order chi connectivity index (χ0) is 45.0. The molecule has 318 valence electrons. The van der Waals surface area contributed by atoms with E-state index in [-0.39, 0.29) is 17.2 Å². The van der Waals surface area contributed by atoms with Crippen molar-refractivity contribution in [3.63, 3.8) is 0 Å². The third-order valence-corrected chi connectivity index (χ3v) is 12.5. The molecule has 7 aromatic carbocycles. The fourth-order valence-electron chi connectivity index (χ4n) is 10.1. The summed E-state index contributed by atoms with van der Waals surface area (Å²) in [4.78, 5) is 5.08. The molecule has 64 heavy (non-hydrogen) atoms. The van der Waals surface area contributed by atoms with Gasteiger partial charge in [-0.05, 0) is 140 Å². The third kappa shape index (κ3) is 6.73. The number of hydrogen-bond donors (Lipinski definition) is 0. The van der Waals surface area contributed by atoms with Gasteiger partial charge in [-0.1, -0.05) is 96.1 Å². The summed E-state index contributed by atoms with van der Waals surface area (Å²) in [7, 11) is 0. The van der Waals surface area contributed by atoms with Gasteiger partial charge in [0.2, 0.25) is 0 Å². The summed E-state index contributed by atoms with van der Waals surface area (Å²) in [5.74, 6) is 0.331. The second kappa shape index (κ2) is 14.7. The molecule has 3 nitrogen and oxygen atoms in total. The van der Waals surface area contributed by atoms with E-state index < -0.39 is 23.5 Å². The van der Waals surface area contributed by atoms with Crippen molar-refractivity contribution in [2.75, 3.05) is 0 Å². The highest BCUT2D eigenvalue weighted by atomic mass is 19.4. The van der Waals surface area contributed by atoms with Crippen LogP contribution in [0.2, 0.25) is 0 Å². The lowest BCUT2D eigenvalue weighted by atomic mass is 9.93. The van der Waals surface area contributed by atoms with Gasteiger partial charge in [-0.15, -0.1) is 0 Å². The lowest BCUT2D eigenvalue weighted by Gasteiger charge is -2.19. The molecule has 0 bridgehead atoms. The van der Waals surface area contributed by atoms with Gasteiger partial charge in [0.25, 0.3) is 0 Å². The first kappa shape index (κ1) is 40.9. The van der Waals surface area contributed by atoms with Gasteiger partial charge < -0.3 is 4.57 Å². The first-order chi connectivity index (χ1) is 30.5. The number of nitrogens with zero attached hydrogens (tertiary/aromatic N) is 3. The van der Waals surface area contributed by atoms with Crippen molar-refractivity contribution in [3.8, 4) is 44.9 Å². The van der Waals surface area contributed by atoms with E-state index in [0.29, 0.717) is 11.5 Å². The molecule has 0 spiro atoms. The number of aryl methyl sites for hydroxylation is 6. The molecule has 0 atom stereocenters. The molecule has 0 aliphatic rings. The van der Waals surface area contributed by atoms with Crippen molar-refractivity contribution in [2.24, 2.45) is 0 Å². The van der Waals surface area contributed by atoms with Crippen LogP contribution < -0.4 is 0 Å². The standard InChI is InChI=1S/C55H41F6N3/c1-30-19-32(3)52(33(4)20-30)36-15-17-43-41-11-7-9-13-46(41)63(48(43)25-36)50-29-62-51(28-45(50)38-23-39(54(56,57)58)27-40(24-38)55(59,60)61)64-47-14-10-8-12-42(47)44-18-16-37(26-49(44)64)53-34(5)21-31(2)22-35(53)6/h7-29H,1-6H3. The van der Waals surface area contributed by atoms with Crippen LogP contribution in [-0.2, 0) is 12.4 Å². The lowest BCUT2D eigenvalue weighted by Crippen LogP contribution is -2.11. The molecule has 0 fully saturated rings. The Morgan fingerprint density at radius 1 is 0.406 bits per heavy atom. The van der Waals surface area contributed by atoms with E-state index in [1.165, 1.54) is 0 Å². The molecule has 3 heterocycles. The first-order valence-corrected chi connectivity index (χ1v) is 21.0. The Morgan fingerprint density at radius 3 is 1.30 bits per heavy atom. The van der Waals surface area contributed by atoms with Gasteiger partial charge >= 0.3 is 12.4 Å². The van der Waals surface area contributed by atoms with E-state index in [0.717, 1.165) is 111 Å². The average Bonchev–Trinajstić information content (AvgIpc) is 3.74. The Kier molecular flexibility index (Phi) is 9.42. The van der Waals surface area contributed by atoms with Crippen molar-refractivity contribution in [3.05, 3.63) is 184 Å². The fraction of sp³-hybridized carbons (Fsp3) is 0.145. The van der Waals surface area contributed by atoms with Crippen LogP contribution in [0.15, 0.2) is 140 Å². The molecule has 10 aromatic rings. The highest BCUT2D eigenvalue weighted by Crippen LogP contribution is 2.44. The second-order valence-electron chi connectivity index (χ2n) is 17.1. The van der Waals surface area contributed by atoms with Gasteiger partial charge in [0, 0.05) is 27.1 Å². The van der Waals surface area contributed by atoms with Crippen LogP contribution in [0.4, 0.5) is 26.3 Å². The third-order valence-electron chi connectivity index (χ3n) is 12.5. The Morgan fingerprint density at radius 2 is 0.828 bits per heavy atom. The number of aromatic nitrogens is 3. The second-order valence-corrected chi connectivity index (χ2v) is 17.1. The largest absolute Gasteiger partial charge is 0.416 e. The zero-order valence-corrected chi connectivity index (χ0v) is 35.9. The SMILES string of the molecule is Cc1cc(C)c(-c2ccc3c4ccccc4n(-c4cc(-c5cc(C(F)(F)F)cc(C(F)(F)F)c5)c(-n5c6ccccc6c6ccc(-c7c(C)cc(C)cc7C)cc65)cn4)c3c2)c(C)c1. The maximum Gasteiger partial charge on any atom is 0.416 e. The summed E-state index contributed by atoms with van der Waals surface area (Å²) in [6.45, 7) is 12.4. The van der Waals surface area contributed by atoms with E-state index in [1.54, 1.807) is 12.3 Å². The van der Waals surface area contributed by atoms with Crippen LogP contribution in [0.25, 0.3) is 88.5 Å². The molecule has 3 aromatic heterocycles. The normalized spacial score (nSPS) is 12.4. The van der Waals surface area contributed by atoms with Crippen molar-refractivity contribution < 1.29 is 26.3 Å². The van der Waals surface area contributed by atoms with Gasteiger partial charge in [-0.2, -0.15) is 26.3 Å². The smallest absolute Gasteiger partial charge is 0.307 e. The summed E-state index contributed by atoms with van der Waals surface area (Å²) in [6, 6.07) is 39.8. The molecule has 0 radical (unpaired) electrons. The minimum Gasteiger partial charge on any atom is -0.307 e. The maximum atomic E-state index is 14.7. The fourth-order valence-corrected chi connectivity index (χ4v) is 10.1. The number of para-hydroxylation sites is 2.